The summed E-state index contributed by atoms with van der Waals surface area (Å²) in [6, 6.07) is 39.1. The molecule has 4 aromatic rings. The third-order valence-electron chi connectivity index (χ3n) is 9.52. The Morgan fingerprint density at radius 2 is 1.10 bits per heavy atom. The minimum absolute atomic E-state index is 0.0127. The zero-order chi connectivity index (χ0) is 27.2. The second kappa shape index (κ2) is 10.5. The van der Waals surface area contributed by atoms with Crippen molar-refractivity contribution in [2.45, 2.75) is 39.4 Å². The Morgan fingerprint density at radius 1 is 0.600 bits per heavy atom. The summed E-state index contributed by atoms with van der Waals surface area (Å²) < 4.78 is 1.09. The first-order valence-electron chi connectivity index (χ1n) is 14.7. The van der Waals surface area contributed by atoms with Crippen LogP contribution in [0.15, 0.2) is 133 Å². The zero-order valence-corrected chi connectivity index (χ0v) is 26.6. The van der Waals surface area contributed by atoms with Crippen LogP contribution >= 0.6 is 17.0 Å². The van der Waals surface area contributed by atoms with Crippen LogP contribution in [-0.2, 0) is 15.9 Å². The standard InChI is InChI=1S/C13H9.C13H10.C11H15.2ClH.Zr/c1-3-7-12-10(5-1)9-11-6-2-4-8-13(11)12;1-3-7-12(8-4-1)11-13-9-5-2-6-10-13;1-2-6-10(7-3-1)11-8-4-5-9-11;;;/h1-9H;1-10H;4-5,8-10H,1-3,6-7H2;2*1H;/q;;;;;+2/p-2. The molecular weight excluding hydrogens is 607 g/mol. The Labute approximate surface area is 246 Å². The van der Waals surface area contributed by atoms with E-state index in [1.165, 1.54) is 63.1 Å². The van der Waals surface area contributed by atoms with E-state index in [1.54, 1.807) is 0 Å². The van der Waals surface area contributed by atoms with Gasteiger partial charge in [0.05, 0.1) is 0 Å². The fourth-order valence-corrected chi connectivity index (χ4v) is 27.1. The first-order valence-corrected chi connectivity index (χ1v) is 25.1. The van der Waals surface area contributed by atoms with Gasteiger partial charge in [-0.15, -0.1) is 0 Å². The normalized spacial score (nSPS) is 19.3. The van der Waals surface area contributed by atoms with Gasteiger partial charge in [0.15, 0.2) is 0 Å². The third kappa shape index (κ3) is 4.24. The second-order valence-electron chi connectivity index (χ2n) is 11.8. The van der Waals surface area contributed by atoms with E-state index in [2.05, 4.69) is 127 Å². The van der Waals surface area contributed by atoms with E-state index >= 15 is 0 Å². The molecule has 200 valence electrons. The van der Waals surface area contributed by atoms with Crippen LogP contribution in [0.25, 0.3) is 11.1 Å². The molecule has 0 nitrogen and oxygen atoms in total. The van der Waals surface area contributed by atoms with E-state index in [1.807, 2.05) is 0 Å². The first kappa shape index (κ1) is 26.6. The number of allylic oxidation sites excluding steroid dienone is 4. The van der Waals surface area contributed by atoms with Crippen LogP contribution in [0.1, 0.15) is 58.0 Å². The average molecular weight is 641 g/mol. The molecule has 1 unspecified atom stereocenters. The van der Waals surface area contributed by atoms with Crippen LogP contribution in [0.3, 0.4) is 0 Å². The molecule has 3 heteroatoms. The molecule has 4 aromatic carbocycles. The van der Waals surface area contributed by atoms with E-state index in [9.17, 15) is 0 Å². The van der Waals surface area contributed by atoms with Crippen molar-refractivity contribution in [1.82, 2.24) is 0 Å². The molecular formula is C37H34Cl2Zr. The van der Waals surface area contributed by atoms with Crippen LogP contribution in [0.2, 0.25) is 3.63 Å². The molecule has 1 saturated carbocycles. The van der Waals surface area contributed by atoms with Gasteiger partial charge < -0.3 is 0 Å². The van der Waals surface area contributed by atoms with Crippen molar-refractivity contribution in [3.8, 4) is 11.1 Å². The van der Waals surface area contributed by atoms with E-state index in [0.29, 0.717) is 5.92 Å². The van der Waals surface area contributed by atoms with Crippen LogP contribution < -0.4 is 0 Å². The first-order chi connectivity index (χ1) is 19.6. The fourth-order valence-electron chi connectivity index (χ4n) is 7.73. The Bertz CT molecular complexity index is 1600. The summed E-state index contributed by atoms with van der Waals surface area (Å²) in [6.45, 7) is 0. The van der Waals surface area contributed by atoms with Crippen molar-refractivity contribution >= 4 is 20.2 Å². The molecule has 0 aliphatic heterocycles. The third-order valence-corrected chi connectivity index (χ3v) is 29.1. The number of benzene rings is 4. The molecule has 0 amide bonds. The van der Waals surface area contributed by atoms with Crippen LogP contribution in [0.4, 0.5) is 0 Å². The van der Waals surface area contributed by atoms with Gasteiger partial charge in [-0.3, -0.25) is 0 Å². The van der Waals surface area contributed by atoms with Gasteiger partial charge in [-0.25, -0.2) is 0 Å². The van der Waals surface area contributed by atoms with Crippen LogP contribution in [0, 0.1) is 5.92 Å². The minimum atomic E-state index is -5.24. The van der Waals surface area contributed by atoms with Gasteiger partial charge in [-0.1, -0.05) is 0 Å². The second-order valence-corrected chi connectivity index (χ2v) is 32.5. The number of hydrogen-bond acceptors (Lipinski definition) is 0. The number of hydrogen-bond donors (Lipinski definition) is 0. The van der Waals surface area contributed by atoms with Crippen LogP contribution in [0.5, 0.6) is 0 Å². The van der Waals surface area contributed by atoms with Gasteiger partial charge in [0.25, 0.3) is 0 Å². The van der Waals surface area contributed by atoms with Gasteiger partial charge in [0.2, 0.25) is 0 Å². The molecule has 0 radical (unpaired) electrons. The maximum absolute atomic E-state index is 8.64. The predicted molar refractivity (Wildman–Crippen MR) is 169 cm³/mol. The number of halogens is 2. The fraction of sp³-hybridized carbons (Fsp3) is 0.216. The van der Waals surface area contributed by atoms with Crippen molar-refractivity contribution in [1.29, 1.82) is 0 Å². The molecule has 3 aliphatic rings. The quantitative estimate of drug-likeness (QED) is 0.204. The molecule has 0 bridgehead atoms. The number of fused-ring (bicyclic) bond motifs is 3. The Hall–Kier alpha value is -2.31. The van der Waals surface area contributed by atoms with Crippen molar-refractivity contribution in [3.63, 3.8) is 0 Å². The summed E-state index contributed by atoms with van der Waals surface area (Å²) >= 11 is -5.24. The molecule has 0 heterocycles. The van der Waals surface area contributed by atoms with Crippen LogP contribution in [-0.4, -0.2) is 3.21 Å². The molecule has 7 rings (SSSR count). The summed E-state index contributed by atoms with van der Waals surface area (Å²) in [7, 11) is 17.3. The average Bonchev–Trinajstić information content (AvgIpc) is 3.64. The van der Waals surface area contributed by atoms with Gasteiger partial charge in [0.1, 0.15) is 0 Å². The van der Waals surface area contributed by atoms with Crippen molar-refractivity contribution in [2.24, 2.45) is 5.92 Å². The van der Waals surface area contributed by atoms with E-state index in [4.69, 9.17) is 17.0 Å². The van der Waals surface area contributed by atoms with Crippen molar-refractivity contribution < 1.29 is 15.9 Å². The molecule has 0 N–H and O–H groups in total. The SMILES string of the molecule is [Cl][Zr]([Cl])(=[C](c1ccccc1)c1ccccc1)([CH]1C=CC(C2CCCCC2)=C1)[CH]1c2ccccc2-c2ccccc21. The summed E-state index contributed by atoms with van der Waals surface area (Å²) in [5.74, 6) is 0.613. The Morgan fingerprint density at radius 3 is 1.65 bits per heavy atom. The molecule has 40 heavy (non-hydrogen) atoms. The van der Waals surface area contributed by atoms with E-state index in [-0.39, 0.29) is 7.25 Å². The van der Waals surface area contributed by atoms with Gasteiger partial charge in [0, 0.05) is 0 Å². The number of rotatable bonds is 5. The summed E-state index contributed by atoms with van der Waals surface area (Å²) in [4.78, 5) is 0. The molecule has 1 fully saturated rings. The molecule has 3 aliphatic carbocycles. The zero-order valence-electron chi connectivity index (χ0n) is 22.6. The Kier molecular flexibility index (Phi) is 6.98. The predicted octanol–water partition coefficient (Wildman–Crippen LogP) is 10.9. The van der Waals surface area contributed by atoms with Crippen molar-refractivity contribution in [2.75, 3.05) is 0 Å². The summed E-state index contributed by atoms with van der Waals surface area (Å²) in [6.07, 6.45) is 13.8. The summed E-state index contributed by atoms with van der Waals surface area (Å²) in [5, 5.41) is 0. The topological polar surface area (TPSA) is 0 Å². The van der Waals surface area contributed by atoms with E-state index in [0.717, 1.165) is 11.1 Å². The molecule has 0 spiro atoms. The van der Waals surface area contributed by atoms with Gasteiger partial charge in [-0.05, 0) is 0 Å². The Balaban J connectivity index is 1.60. The van der Waals surface area contributed by atoms with Crippen molar-refractivity contribution in [3.05, 3.63) is 155 Å². The maximum atomic E-state index is 8.64. The molecule has 0 saturated heterocycles. The molecule has 0 aromatic heterocycles. The van der Waals surface area contributed by atoms with Gasteiger partial charge >= 0.3 is 248 Å². The van der Waals surface area contributed by atoms with Gasteiger partial charge in [-0.2, -0.15) is 0 Å². The van der Waals surface area contributed by atoms with E-state index < -0.39 is 15.9 Å². The molecule has 1 atom stereocenters. The monoisotopic (exact) mass is 638 g/mol. The summed E-state index contributed by atoms with van der Waals surface area (Å²) in [5.41, 5.74) is 8.81.